The number of carbonyl (C=O) groups is 1. The van der Waals surface area contributed by atoms with Crippen molar-refractivity contribution in [2.24, 2.45) is 5.92 Å². The van der Waals surface area contributed by atoms with Crippen molar-refractivity contribution in [2.45, 2.75) is 26.2 Å². The maximum absolute atomic E-state index is 13.3. The van der Waals surface area contributed by atoms with Crippen molar-refractivity contribution < 1.29 is 14.3 Å². The summed E-state index contributed by atoms with van der Waals surface area (Å²) in [5.74, 6) is -0.843. The fraction of sp³-hybridized carbons (Fsp3) is 0.278. The summed E-state index contributed by atoms with van der Waals surface area (Å²) in [4.78, 5) is 10.7. The maximum Gasteiger partial charge on any atom is 0.303 e. The molecule has 0 aliphatic carbocycles. The first-order valence-corrected chi connectivity index (χ1v) is 7.11. The van der Waals surface area contributed by atoms with Gasteiger partial charge >= 0.3 is 5.97 Å². The molecule has 0 fully saturated rings. The van der Waals surface area contributed by atoms with E-state index in [1.165, 1.54) is 12.1 Å². The highest BCUT2D eigenvalue weighted by molar-refractivity contribution is 5.67. The minimum atomic E-state index is -0.754. The zero-order chi connectivity index (χ0) is 15.2. The second-order valence-corrected chi connectivity index (χ2v) is 5.45. The number of aliphatic carboxylic acids is 1. The Morgan fingerprint density at radius 3 is 2.48 bits per heavy atom. The van der Waals surface area contributed by atoms with Crippen LogP contribution in [0.2, 0.25) is 0 Å². The molecule has 0 saturated heterocycles. The van der Waals surface area contributed by atoms with Gasteiger partial charge in [-0.05, 0) is 47.6 Å². The topological polar surface area (TPSA) is 37.3 Å². The number of hydrogen-bond donors (Lipinski definition) is 1. The molecule has 3 heteroatoms. The number of aryl methyl sites for hydroxylation is 1. The highest BCUT2D eigenvalue weighted by Crippen LogP contribution is 2.22. The van der Waals surface area contributed by atoms with Gasteiger partial charge in [-0.15, -0.1) is 0 Å². The van der Waals surface area contributed by atoms with Crippen molar-refractivity contribution in [2.75, 3.05) is 0 Å². The van der Waals surface area contributed by atoms with Crippen LogP contribution in [0.3, 0.4) is 0 Å². The molecule has 0 aliphatic rings. The Morgan fingerprint density at radius 1 is 1.14 bits per heavy atom. The molecule has 0 spiro atoms. The fourth-order valence-electron chi connectivity index (χ4n) is 2.39. The molecule has 2 rings (SSSR count). The average Bonchev–Trinajstić information content (AvgIpc) is 2.45. The van der Waals surface area contributed by atoms with Crippen molar-refractivity contribution >= 4 is 5.97 Å². The van der Waals surface area contributed by atoms with Gasteiger partial charge in [-0.3, -0.25) is 4.79 Å². The standard InChI is InChI=1S/C18H19FO2/c1-13(10-18(20)21)8-9-14-4-2-5-15(11-14)16-6-3-7-17(19)12-16/h2-7,11-13H,8-10H2,1H3,(H,20,21). The summed E-state index contributed by atoms with van der Waals surface area (Å²) in [6.07, 6.45) is 1.86. The Labute approximate surface area is 124 Å². The van der Waals surface area contributed by atoms with Crippen LogP contribution in [0, 0.1) is 11.7 Å². The SMILES string of the molecule is CC(CCc1cccc(-c2cccc(F)c2)c1)CC(=O)O. The summed E-state index contributed by atoms with van der Waals surface area (Å²) in [6.45, 7) is 1.95. The quantitative estimate of drug-likeness (QED) is 0.846. The van der Waals surface area contributed by atoms with Gasteiger partial charge < -0.3 is 5.11 Å². The lowest BCUT2D eigenvalue weighted by atomic mass is 9.96. The van der Waals surface area contributed by atoms with Crippen LogP contribution in [0.25, 0.3) is 11.1 Å². The first kappa shape index (κ1) is 15.2. The lowest BCUT2D eigenvalue weighted by Gasteiger charge is -2.10. The molecule has 0 radical (unpaired) electrons. The minimum Gasteiger partial charge on any atom is -0.481 e. The highest BCUT2D eigenvalue weighted by atomic mass is 19.1. The van der Waals surface area contributed by atoms with Crippen molar-refractivity contribution in [3.63, 3.8) is 0 Å². The molecular weight excluding hydrogens is 267 g/mol. The third-order valence-electron chi connectivity index (χ3n) is 3.53. The third-order valence-corrected chi connectivity index (χ3v) is 3.53. The van der Waals surface area contributed by atoms with E-state index in [1.807, 2.05) is 37.3 Å². The van der Waals surface area contributed by atoms with E-state index in [9.17, 15) is 9.18 Å². The van der Waals surface area contributed by atoms with Crippen LogP contribution in [0.5, 0.6) is 0 Å². The molecule has 1 atom stereocenters. The first-order valence-electron chi connectivity index (χ1n) is 7.11. The summed E-state index contributed by atoms with van der Waals surface area (Å²) < 4.78 is 13.3. The van der Waals surface area contributed by atoms with Gasteiger partial charge in [-0.1, -0.05) is 43.3 Å². The van der Waals surface area contributed by atoms with E-state index in [1.54, 1.807) is 6.07 Å². The molecule has 0 saturated carbocycles. The van der Waals surface area contributed by atoms with Crippen molar-refractivity contribution in [3.8, 4) is 11.1 Å². The molecule has 2 aromatic carbocycles. The van der Waals surface area contributed by atoms with Crippen LogP contribution >= 0.6 is 0 Å². The van der Waals surface area contributed by atoms with Gasteiger partial charge in [0.25, 0.3) is 0 Å². The van der Waals surface area contributed by atoms with Gasteiger partial charge in [-0.25, -0.2) is 4.39 Å². The zero-order valence-corrected chi connectivity index (χ0v) is 12.1. The zero-order valence-electron chi connectivity index (χ0n) is 12.1. The molecule has 2 aromatic rings. The largest absolute Gasteiger partial charge is 0.481 e. The van der Waals surface area contributed by atoms with E-state index >= 15 is 0 Å². The van der Waals surface area contributed by atoms with E-state index in [-0.39, 0.29) is 18.2 Å². The van der Waals surface area contributed by atoms with E-state index in [2.05, 4.69) is 0 Å². The Balaban J connectivity index is 2.06. The monoisotopic (exact) mass is 286 g/mol. The van der Waals surface area contributed by atoms with Gasteiger partial charge in [0.05, 0.1) is 0 Å². The lowest BCUT2D eigenvalue weighted by molar-refractivity contribution is -0.138. The molecule has 0 amide bonds. The van der Waals surface area contributed by atoms with Gasteiger partial charge in [0, 0.05) is 6.42 Å². The third kappa shape index (κ3) is 4.71. The molecule has 0 bridgehead atoms. The van der Waals surface area contributed by atoms with Gasteiger partial charge in [0.1, 0.15) is 5.82 Å². The normalized spacial score (nSPS) is 12.1. The Kier molecular flexibility index (Phi) is 5.09. The second-order valence-electron chi connectivity index (χ2n) is 5.45. The summed E-state index contributed by atoms with van der Waals surface area (Å²) in [6, 6.07) is 14.5. The summed E-state index contributed by atoms with van der Waals surface area (Å²) >= 11 is 0. The first-order chi connectivity index (χ1) is 10.0. The van der Waals surface area contributed by atoms with Crippen molar-refractivity contribution in [3.05, 3.63) is 59.9 Å². The number of halogens is 1. The number of hydrogen-bond acceptors (Lipinski definition) is 1. The number of carboxylic acids is 1. The minimum absolute atomic E-state index is 0.153. The summed E-state index contributed by atoms with van der Waals surface area (Å²) in [5, 5.41) is 8.76. The van der Waals surface area contributed by atoms with E-state index in [0.29, 0.717) is 0 Å². The molecule has 21 heavy (non-hydrogen) atoms. The van der Waals surface area contributed by atoms with Gasteiger partial charge in [0.15, 0.2) is 0 Å². The number of rotatable bonds is 6. The molecule has 0 aliphatic heterocycles. The highest BCUT2D eigenvalue weighted by Gasteiger charge is 2.08. The second kappa shape index (κ2) is 7.02. The molecule has 0 aromatic heterocycles. The lowest BCUT2D eigenvalue weighted by Crippen LogP contribution is -2.05. The van der Waals surface area contributed by atoms with Crippen LogP contribution in [-0.2, 0) is 11.2 Å². The van der Waals surface area contributed by atoms with Crippen molar-refractivity contribution in [1.29, 1.82) is 0 Å². The van der Waals surface area contributed by atoms with E-state index in [4.69, 9.17) is 5.11 Å². The van der Waals surface area contributed by atoms with Crippen LogP contribution in [-0.4, -0.2) is 11.1 Å². The van der Waals surface area contributed by atoms with Gasteiger partial charge in [0.2, 0.25) is 0 Å². The number of benzene rings is 2. The predicted molar refractivity (Wildman–Crippen MR) is 81.6 cm³/mol. The van der Waals surface area contributed by atoms with Crippen LogP contribution in [0.4, 0.5) is 4.39 Å². The molecule has 2 nitrogen and oxygen atoms in total. The van der Waals surface area contributed by atoms with Crippen LogP contribution in [0.15, 0.2) is 48.5 Å². The maximum atomic E-state index is 13.3. The Bertz CT molecular complexity index is 622. The molecule has 1 unspecified atom stereocenters. The summed E-state index contributed by atoms with van der Waals surface area (Å²) in [7, 11) is 0. The van der Waals surface area contributed by atoms with E-state index in [0.717, 1.165) is 29.5 Å². The molecule has 1 N–H and O–H groups in total. The average molecular weight is 286 g/mol. The number of carboxylic acid groups (broad SMARTS) is 1. The van der Waals surface area contributed by atoms with Crippen molar-refractivity contribution in [1.82, 2.24) is 0 Å². The summed E-state index contributed by atoms with van der Waals surface area (Å²) in [5.41, 5.74) is 2.99. The Morgan fingerprint density at radius 2 is 1.81 bits per heavy atom. The fourth-order valence-corrected chi connectivity index (χ4v) is 2.39. The van der Waals surface area contributed by atoms with Crippen LogP contribution in [0.1, 0.15) is 25.3 Å². The Hall–Kier alpha value is -2.16. The molecule has 110 valence electrons. The van der Waals surface area contributed by atoms with Crippen LogP contribution < -0.4 is 0 Å². The smallest absolute Gasteiger partial charge is 0.303 e. The predicted octanol–water partition coefficient (Wildman–Crippen LogP) is 4.54. The molecule has 0 heterocycles. The van der Waals surface area contributed by atoms with E-state index < -0.39 is 5.97 Å². The van der Waals surface area contributed by atoms with Gasteiger partial charge in [-0.2, -0.15) is 0 Å². The molecular formula is C18H19FO2.